The maximum atomic E-state index is 8.25. The van der Waals surface area contributed by atoms with Crippen LogP contribution in [-0.2, 0) is 0 Å². The predicted octanol–water partition coefficient (Wildman–Crippen LogP) is -3.61. The summed E-state index contributed by atoms with van der Waals surface area (Å²) in [5, 5.41) is 24.8. The molecule has 0 aromatic carbocycles. The minimum absolute atomic E-state index is 0. The van der Waals surface area contributed by atoms with Crippen molar-refractivity contribution in [2.45, 2.75) is 0 Å². The first-order valence-electron chi connectivity index (χ1n) is 1.22. The van der Waals surface area contributed by atoms with E-state index in [9.17, 15) is 0 Å². The second-order valence-corrected chi connectivity index (χ2v) is 0. The molecule has 0 saturated heterocycles. The smallest absolute Gasteiger partial charge is 1.00 e. The number of rotatable bonds is 0. The van der Waals surface area contributed by atoms with Gasteiger partial charge in [0, 0.05) is 0 Å². The minimum Gasteiger partial charge on any atom is -1.00 e. The van der Waals surface area contributed by atoms with Crippen LogP contribution in [0.2, 0.25) is 0 Å². The number of hydrogen-bond acceptors (Lipinski definition) is 3. The van der Waals surface area contributed by atoms with E-state index < -0.39 is 0 Å². The Morgan fingerprint density at radius 2 is 0.750 bits per heavy atom. The normalized spacial score (nSPS) is 2.25. The van der Waals surface area contributed by atoms with Gasteiger partial charge in [0.25, 0.3) is 0 Å². The second kappa shape index (κ2) is 303. The first kappa shape index (κ1) is 35.2. The Kier molecular flexibility index (Phi) is 1330. The third kappa shape index (κ3) is 197. The molecule has 0 aromatic heterocycles. The Bertz CT molecular complexity index is 21.7. The molecule has 0 radical (unpaired) electrons. The van der Waals surface area contributed by atoms with Crippen molar-refractivity contribution in [2.24, 2.45) is 0 Å². The quantitative estimate of drug-likeness (QED) is 0.332. The largest absolute Gasteiger partial charge is 3.00 e. The Labute approximate surface area is 80.0 Å². The molecule has 0 unspecified atom stereocenters. The first-order valence-corrected chi connectivity index (χ1v) is 1.22. The van der Waals surface area contributed by atoms with E-state index in [-0.39, 0.29) is 43.3 Å². The molecule has 0 fully saturated rings. The maximum absolute atomic E-state index is 8.25. The van der Waals surface area contributed by atoms with E-state index in [4.69, 9.17) is 15.3 Å². The average molecular weight is 146 g/mol. The summed E-state index contributed by atoms with van der Waals surface area (Å²) in [5.74, 6) is 0. The summed E-state index contributed by atoms with van der Waals surface area (Å²) in [4.78, 5) is 0. The summed E-state index contributed by atoms with van der Waals surface area (Å²) >= 11 is 0. The molecule has 0 spiro atoms. The van der Waals surface area contributed by atoms with Crippen LogP contribution >= 0.6 is 0 Å². The third-order valence-electron chi connectivity index (χ3n) is 0. The molecule has 0 heterocycles. The average Bonchev–Trinajstić information content (AvgIpc) is 1.81. The first-order chi connectivity index (χ1) is 3.00. The zero-order chi connectivity index (χ0) is 6.00. The van der Waals surface area contributed by atoms with Gasteiger partial charge in [-0.1, -0.05) is 0 Å². The van der Waals surface area contributed by atoms with Gasteiger partial charge < -0.3 is 18.2 Å². The van der Waals surface area contributed by atoms with Crippen molar-refractivity contribution in [3.05, 3.63) is 0 Å². The number of hydrogen-bond donors (Lipinski definition) is 0. The molecule has 46 valence electrons. The van der Waals surface area contributed by atoms with Gasteiger partial charge >= 0.3 is 40.4 Å². The van der Waals surface area contributed by atoms with Gasteiger partial charge in [0.2, 0.25) is 0 Å². The molecule has 0 rings (SSSR count). The van der Waals surface area contributed by atoms with Crippen LogP contribution in [0.25, 0.3) is 0 Å². The molecule has 3 nitrogen and oxygen atoms in total. The molecule has 0 aliphatic heterocycles. The molecular weight excluding hydrogens is 135 g/mol. The van der Waals surface area contributed by atoms with Gasteiger partial charge in [-0.3, -0.25) is 0 Å². The van der Waals surface area contributed by atoms with E-state index >= 15 is 0 Å². The molecule has 0 amide bonds. The van der Waals surface area contributed by atoms with Gasteiger partial charge in [-0.05, 0) is 0 Å². The fourth-order valence-electron chi connectivity index (χ4n) is 0. The molecule has 0 bridgehead atoms. The molecule has 0 aromatic rings. The van der Waals surface area contributed by atoms with E-state index in [1.807, 2.05) is 0 Å². The molecule has 0 N–H and O–H groups in total. The van der Waals surface area contributed by atoms with Gasteiger partial charge in [0.05, 0.1) is 0 Å². The second-order valence-electron chi connectivity index (χ2n) is 0. The Morgan fingerprint density at radius 3 is 0.750 bits per heavy atom. The monoisotopic (exact) mass is 146 g/mol. The molecule has 0 aliphatic carbocycles. The van der Waals surface area contributed by atoms with E-state index in [1.54, 1.807) is 0 Å². The van der Waals surface area contributed by atoms with Gasteiger partial charge in [-0.25, -0.2) is 0 Å². The SMILES string of the molecule is C[O-].C[O-].C[O-].[Al+3].[H-].[H-].[Mg+2]. The van der Waals surface area contributed by atoms with Crippen LogP contribution in [0.4, 0.5) is 0 Å². The van der Waals surface area contributed by atoms with Crippen molar-refractivity contribution in [1.29, 1.82) is 0 Å². The zero-order valence-electron chi connectivity index (χ0n) is 7.51. The van der Waals surface area contributed by atoms with Crippen molar-refractivity contribution >= 4 is 40.4 Å². The molecule has 8 heavy (non-hydrogen) atoms. The predicted molar refractivity (Wildman–Crippen MR) is 31.5 cm³/mol. The van der Waals surface area contributed by atoms with Crippen LogP contribution in [0.15, 0.2) is 0 Å². The van der Waals surface area contributed by atoms with Gasteiger partial charge in [-0.15, -0.1) is 0 Å². The maximum Gasteiger partial charge on any atom is 3.00 e. The van der Waals surface area contributed by atoms with Gasteiger partial charge in [0.1, 0.15) is 0 Å². The van der Waals surface area contributed by atoms with Crippen molar-refractivity contribution < 1.29 is 18.2 Å². The third-order valence-corrected chi connectivity index (χ3v) is 0. The molecule has 0 saturated carbocycles. The summed E-state index contributed by atoms with van der Waals surface area (Å²) < 4.78 is 0. The minimum atomic E-state index is 0. The fourth-order valence-corrected chi connectivity index (χ4v) is 0. The van der Waals surface area contributed by atoms with Crippen molar-refractivity contribution in [2.75, 3.05) is 21.3 Å². The van der Waals surface area contributed by atoms with E-state index in [1.165, 1.54) is 0 Å². The van der Waals surface area contributed by atoms with E-state index in [0.29, 0.717) is 0 Å². The molecular formula is C3H11AlMgO3. The summed E-state index contributed by atoms with van der Waals surface area (Å²) in [6.45, 7) is 0. The summed E-state index contributed by atoms with van der Waals surface area (Å²) in [7, 11) is 2.25. The van der Waals surface area contributed by atoms with Crippen LogP contribution in [0.1, 0.15) is 2.85 Å². The van der Waals surface area contributed by atoms with E-state index in [0.717, 1.165) is 21.3 Å². The van der Waals surface area contributed by atoms with Crippen LogP contribution in [0, 0.1) is 0 Å². The van der Waals surface area contributed by atoms with Gasteiger partial charge in [-0.2, -0.15) is 21.3 Å². The summed E-state index contributed by atoms with van der Waals surface area (Å²) in [6.07, 6.45) is 0. The van der Waals surface area contributed by atoms with Crippen molar-refractivity contribution in [3.63, 3.8) is 0 Å². The Hall–Kier alpha value is 1.18. The Balaban J connectivity index is -0.00000000225. The molecule has 0 aliphatic rings. The van der Waals surface area contributed by atoms with Crippen LogP contribution < -0.4 is 15.3 Å². The standard InChI is InChI=1S/3CH3O.Al.Mg.2H/c3*1-2;;;;/h3*1H3;;;;/q3*-1;+3;+2;2*-1. The summed E-state index contributed by atoms with van der Waals surface area (Å²) in [5.41, 5.74) is 0. The van der Waals surface area contributed by atoms with Crippen molar-refractivity contribution in [1.82, 2.24) is 0 Å². The van der Waals surface area contributed by atoms with Crippen LogP contribution in [0.5, 0.6) is 0 Å². The van der Waals surface area contributed by atoms with Crippen molar-refractivity contribution in [3.8, 4) is 0 Å². The van der Waals surface area contributed by atoms with Gasteiger partial charge in [0.15, 0.2) is 0 Å². The van der Waals surface area contributed by atoms with Crippen LogP contribution in [-0.4, -0.2) is 61.7 Å². The molecule has 0 atom stereocenters. The zero-order valence-corrected chi connectivity index (χ0v) is 8.08. The van der Waals surface area contributed by atoms with E-state index in [2.05, 4.69) is 0 Å². The fraction of sp³-hybridized carbons (Fsp3) is 1.00. The Morgan fingerprint density at radius 1 is 0.750 bits per heavy atom. The topological polar surface area (TPSA) is 69.2 Å². The molecule has 5 heteroatoms. The van der Waals surface area contributed by atoms with Crippen LogP contribution in [0.3, 0.4) is 0 Å². The summed E-state index contributed by atoms with van der Waals surface area (Å²) in [6, 6.07) is 0.